The second-order valence-electron chi connectivity index (χ2n) is 7.08. The smallest absolute Gasteiger partial charge is 0.338 e. The first-order valence-electron chi connectivity index (χ1n) is 9.44. The van der Waals surface area contributed by atoms with E-state index in [2.05, 4.69) is 11.9 Å². The number of anilines is 1. The van der Waals surface area contributed by atoms with Crippen molar-refractivity contribution in [1.82, 2.24) is 5.32 Å². The Balaban J connectivity index is 1.85. The maximum atomic E-state index is 13.0. The molecule has 1 heterocycles. The van der Waals surface area contributed by atoms with Crippen molar-refractivity contribution >= 4 is 29.4 Å². The molecule has 0 fully saturated rings. The van der Waals surface area contributed by atoms with Crippen LogP contribution in [0.5, 0.6) is 0 Å². The van der Waals surface area contributed by atoms with Gasteiger partial charge in [-0.05, 0) is 56.2 Å². The molecule has 1 N–H and O–H groups in total. The minimum absolute atomic E-state index is 0.0843. The number of ether oxygens (including phenoxy) is 1. The van der Waals surface area contributed by atoms with Gasteiger partial charge in [-0.15, -0.1) is 6.58 Å². The standard InChI is InChI=1S/C23H22N2O5/c1-5-10-24-20(26)15(4)30-23(29)16-8-9-17-18(12-16)22(28)25(21(17)27)19-11-13(2)6-7-14(19)3/h5-9,11-12,15H,1,10H2,2-4H3,(H,24,26). The summed E-state index contributed by atoms with van der Waals surface area (Å²) in [5, 5.41) is 2.54. The molecule has 1 atom stereocenters. The monoisotopic (exact) mass is 406 g/mol. The third-order valence-corrected chi connectivity index (χ3v) is 4.80. The van der Waals surface area contributed by atoms with Crippen LogP contribution < -0.4 is 10.2 Å². The summed E-state index contributed by atoms with van der Waals surface area (Å²) in [5.74, 6) is -2.17. The Labute approximate surface area is 174 Å². The molecule has 7 nitrogen and oxygen atoms in total. The van der Waals surface area contributed by atoms with E-state index in [1.807, 2.05) is 26.0 Å². The number of nitrogens with one attached hydrogen (secondary N) is 1. The summed E-state index contributed by atoms with van der Waals surface area (Å²) in [4.78, 5) is 51.2. The zero-order valence-electron chi connectivity index (χ0n) is 17.0. The predicted molar refractivity (Wildman–Crippen MR) is 112 cm³/mol. The average Bonchev–Trinajstić information content (AvgIpc) is 2.97. The molecule has 1 aliphatic rings. The Morgan fingerprint density at radius 3 is 2.50 bits per heavy atom. The summed E-state index contributed by atoms with van der Waals surface area (Å²) in [5.41, 5.74) is 2.64. The normalized spacial score (nSPS) is 13.6. The van der Waals surface area contributed by atoms with Gasteiger partial charge in [0.05, 0.1) is 22.4 Å². The number of imide groups is 1. The molecule has 0 aromatic heterocycles. The van der Waals surface area contributed by atoms with Crippen molar-refractivity contribution in [3.05, 3.63) is 76.9 Å². The number of hydrogen-bond donors (Lipinski definition) is 1. The molecular formula is C23H22N2O5. The molecule has 2 aromatic carbocycles. The number of carbonyl (C=O) groups is 4. The van der Waals surface area contributed by atoms with Crippen LogP contribution in [0.4, 0.5) is 5.69 Å². The van der Waals surface area contributed by atoms with Gasteiger partial charge in [0.25, 0.3) is 17.7 Å². The fraction of sp³-hybridized carbons (Fsp3) is 0.217. The number of nitrogens with zero attached hydrogens (tertiary/aromatic N) is 1. The zero-order chi connectivity index (χ0) is 22.0. The van der Waals surface area contributed by atoms with Crippen LogP contribution in [-0.4, -0.2) is 36.3 Å². The molecule has 0 spiro atoms. The highest BCUT2D eigenvalue weighted by Crippen LogP contribution is 2.31. The molecule has 30 heavy (non-hydrogen) atoms. The van der Waals surface area contributed by atoms with Crippen LogP contribution in [0, 0.1) is 13.8 Å². The van der Waals surface area contributed by atoms with Gasteiger partial charge in [0.15, 0.2) is 6.10 Å². The molecule has 3 amide bonds. The Hall–Kier alpha value is -3.74. The van der Waals surface area contributed by atoms with Crippen LogP contribution in [0.1, 0.15) is 49.1 Å². The number of aryl methyl sites for hydroxylation is 2. The summed E-state index contributed by atoms with van der Waals surface area (Å²) in [6, 6.07) is 9.69. The molecule has 1 aliphatic heterocycles. The molecule has 0 radical (unpaired) electrons. The van der Waals surface area contributed by atoms with E-state index in [9.17, 15) is 19.2 Å². The van der Waals surface area contributed by atoms with Gasteiger partial charge in [0, 0.05) is 6.54 Å². The third-order valence-electron chi connectivity index (χ3n) is 4.80. The van der Waals surface area contributed by atoms with Crippen LogP contribution >= 0.6 is 0 Å². The van der Waals surface area contributed by atoms with Gasteiger partial charge in [0.1, 0.15) is 0 Å². The van der Waals surface area contributed by atoms with Crippen molar-refractivity contribution in [2.75, 3.05) is 11.4 Å². The Kier molecular flexibility index (Phi) is 5.82. The number of hydrogen-bond acceptors (Lipinski definition) is 5. The minimum Gasteiger partial charge on any atom is -0.449 e. The van der Waals surface area contributed by atoms with Crippen molar-refractivity contribution in [2.45, 2.75) is 26.9 Å². The first-order chi connectivity index (χ1) is 14.2. The van der Waals surface area contributed by atoms with Crippen molar-refractivity contribution in [1.29, 1.82) is 0 Å². The molecular weight excluding hydrogens is 384 g/mol. The first-order valence-corrected chi connectivity index (χ1v) is 9.44. The van der Waals surface area contributed by atoms with Crippen LogP contribution in [0.15, 0.2) is 49.1 Å². The predicted octanol–water partition coefficient (Wildman–Crippen LogP) is 2.95. The van der Waals surface area contributed by atoms with E-state index in [0.717, 1.165) is 16.0 Å². The molecule has 0 saturated carbocycles. The molecule has 0 saturated heterocycles. The summed E-state index contributed by atoms with van der Waals surface area (Å²) in [6.07, 6.45) is 0.492. The fourth-order valence-corrected chi connectivity index (χ4v) is 3.15. The van der Waals surface area contributed by atoms with Crippen LogP contribution in [0.25, 0.3) is 0 Å². The van der Waals surface area contributed by atoms with Crippen molar-refractivity contribution in [2.24, 2.45) is 0 Å². The first kappa shape index (κ1) is 21.0. The summed E-state index contributed by atoms with van der Waals surface area (Å²) < 4.78 is 5.17. The van der Waals surface area contributed by atoms with Gasteiger partial charge >= 0.3 is 5.97 Å². The maximum absolute atomic E-state index is 13.0. The SMILES string of the molecule is C=CCNC(=O)C(C)OC(=O)c1ccc2c(c1)C(=O)N(c1cc(C)ccc1C)C2=O. The Bertz CT molecular complexity index is 1070. The zero-order valence-corrected chi connectivity index (χ0v) is 17.0. The van der Waals surface area contributed by atoms with Crippen LogP contribution in [0.3, 0.4) is 0 Å². The lowest BCUT2D eigenvalue weighted by atomic mass is 10.1. The van der Waals surface area contributed by atoms with Crippen molar-refractivity contribution < 1.29 is 23.9 Å². The van der Waals surface area contributed by atoms with E-state index < -0.39 is 29.8 Å². The molecule has 154 valence electrons. The molecule has 0 aliphatic carbocycles. The van der Waals surface area contributed by atoms with Gasteiger partial charge in [-0.2, -0.15) is 0 Å². The average molecular weight is 406 g/mol. The molecule has 0 bridgehead atoms. The van der Waals surface area contributed by atoms with E-state index in [1.165, 1.54) is 31.2 Å². The quantitative estimate of drug-likeness (QED) is 0.452. The maximum Gasteiger partial charge on any atom is 0.338 e. The lowest BCUT2D eigenvalue weighted by Crippen LogP contribution is -2.35. The van der Waals surface area contributed by atoms with E-state index in [4.69, 9.17) is 4.74 Å². The van der Waals surface area contributed by atoms with Crippen LogP contribution in [0.2, 0.25) is 0 Å². The number of carbonyl (C=O) groups excluding carboxylic acids is 4. The highest BCUT2D eigenvalue weighted by Gasteiger charge is 2.38. The van der Waals surface area contributed by atoms with Gasteiger partial charge in [-0.25, -0.2) is 9.69 Å². The van der Waals surface area contributed by atoms with E-state index in [0.29, 0.717) is 5.69 Å². The molecule has 1 unspecified atom stereocenters. The lowest BCUT2D eigenvalue weighted by molar-refractivity contribution is -0.128. The van der Waals surface area contributed by atoms with E-state index in [1.54, 1.807) is 6.07 Å². The summed E-state index contributed by atoms with van der Waals surface area (Å²) >= 11 is 0. The van der Waals surface area contributed by atoms with Gasteiger partial charge in [-0.1, -0.05) is 18.2 Å². The fourth-order valence-electron chi connectivity index (χ4n) is 3.15. The molecule has 3 rings (SSSR count). The topological polar surface area (TPSA) is 92.8 Å². The number of benzene rings is 2. The second kappa shape index (κ2) is 8.32. The number of esters is 1. The number of amides is 3. The molecule has 2 aromatic rings. The number of fused-ring (bicyclic) bond motifs is 1. The highest BCUT2D eigenvalue weighted by molar-refractivity contribution is 6.35. The summed E-state index contributed by atoms with van der Waals surface area (Å²) in [7, 11) is 0. The summed E-state index contributed by atoms with van der Waals surface area (Å²) in [6.45, 7) is 8.89. The second-order valence-corrected chi connectivity index (χ2v) is 7.08. The van der Waals surface area contributed by atoms with E-state index >= 15 is 0 Å². The minimum atomic E-state index is -1.02. The Morgan fingerprint density at radius 1 is 1.10 bits per heavy atom. The van der Waals surface area contributed by atoms with Crippen molar-refractivity contribution in [3.63, 3.8) is 0 Å². The number of rotatable bonds is 6. The van der Waals surface area contributed by atoms with Crippen molar-refractivity contribution in [3.8, 4) is 0 Å². The third kappa shape index (κ3) is 3.87. The highest BCUT2D eigenvalue weighted by atomic mass is 16.5. The van der Waals surface area contributed by atoms with Gasteiger partial charge in [0.2, 0.25) is 0 Å². The van der Waals surface area contributed by atoms with Gasteiger partial charge in [-0.3, -0.25) is 14.4 Å². The lowest BCUT2D eigenvalue weighted by Gasteiger charge is -2.17. The van der Waals surface area contributed by atoms with Crippen LogP contribution in [-0.2, 0) is 9.53 Å². The van der Waals surface area contributed by atoms with E-state index in [-0.39, 0.29) is 23.2 Å². The Morgan fingerprint density at radius 2 is 1.80 bits per heavy atom. The van der Waals surface area contributed by atoms with Gasteiger partial charge < -0.3 is 10.1 Å². The largest absolute Gasteiger partial charge is 0.449 e. The molecule has 7 heteroatoms.